The van der Waals surface area contributed by atoms with Crippen molar-refractivity contribution < 1.29 is 4.42 Å². The normalized spacial score (nSPS) is 22.7. The summed E-state index contributed by atoms with van der Waals surface area (Å²) in [6.45, 7) is 4.35. The summed E-state index contributed by atoms with van der Waals surface area (Å²) in [7, 11) is 0. The van der Waals surface area contributed by atoms with Gasteiger partial charge in [0.15, 0.2) is 0 Å². The summed E-state index contributed by atoms with van der Waals surface area (Å²) < 4.78 is 5.56. The van der Waals surface area contributed by atoms with Crippen molar-refractivity contribution in [2.45, 2.75) is 51.6 Å². The van der Waals surface area contributed by atoms with Crippen molar-refractivity contribution in [3.05, 3.63) is 23.7 Å². The number of furan rings is 1. The molecule has 3 rings (SSSR count). The van der Waals surface area contributed by atoms with Gasteiger partial charge in [-0.15, -0.1) is 0 Å². The molecule has 2 aliphatic carbocycles. The molecule has 2 fully saturated rings. The summed E-state index contributed by atoms with van der Waals surface area (Å²) >= 11 is 0. The van der Waals surface area contributed by atoms with Gasteiger partial charge in [0.2, 0.25) is 0 Å². The molecule has 0 radical (unpaired) electrons. The van der Waals surface area contributed by atoms with Crippen LogP contribution < -0.4 is 5.32 Å². The highest BCUT2D eigenvalue weighted by Gasteiger charge is 2.42. The van der Waals surface area contributed by atoms with E-state index in [1.807, 2.05) is 0 Å². The van der Waals surface area contributed by atoms with Gasteiger partial charge in [-0.3, -0.25) is 0 Å². The maximum atomic E-state index is 5.56. The number of hydrogen-bond donors (Lipinski definition) is 1. The number of aryl methyl sites for hydroxylation is 1. The molecule has 1 aromatic heterocycles. The first-order chi connectivity index (χ1) is 7.75. The Balaban J connectivity index is 1.66. The molecule has 1 atom stereocenters. The van der Waals surface area contributed by atoms with Gasteiger partial charge in [0.1, 0.15) is 5.76 Å². The van der Waals surface area contributed by atoms with E-state index in [1.165, 1.54) is 31.2 Å². The standard InChI is InChI=1S/C14H21NO/c1-9-7-8-16-14(9)10(2)15-13(11-3-4-11)12-5-6-12/h7-8,10-13,15H,3-6H2,1-2H3. The maximum Gasteiger partial charge on any atom is 0.123 e. The van der Waals surface area contributed by atoms with Crippen LogP contribution in [0.1, 0.15) is 50.0 Å². The van der Waals surface area contributed by atoms with Crippen molar-refractivity contribution >= 4 is 0 Å². The molecule has 0 saturated heterocycles. The van der Waals surface area contributed by atoms with E-state index in [2.05, 4.69) is 25.2 Å². The van der Waals surface area contributed by atoms with E-state index in [0.29, 0.717) is 6.04 Å². The molecule has 88 valence electrons. The molecule has 2 nitrogen and oxygen atoms in total. The van der Waals surface area contributed by atoms with Crippen LogP contribution >= 0.6 is 0 Å². The molecular weight excluding hydrogens is 198 g/mol. The Morgan fingerprint density at radius 2 is 1.88 bits per heavy atom. The van der Waals surface area contributed by atoms with E-state index in [1.54, 1.807) is 6.26 Å². The molecule has 2 aliphatic rings. The second-order valence-corrected chi connectivity index (χ2v) is 5.56. The molecule has 16 heavy (non-hydrogen) atoms. The Kier molecular flexibility index (Phi) is 2.55. The quantitative estimate of drug-likeness (QED) is 0.820. The first kappa shape index (κ1) is 10.4. The third-order valence-electron chi connectivity index (χ3n) is 4.00. The lowest BCUT2D eigenvalue weighted by Crippen LogP contribution is -2.35. The molecule has 0 aliphatic heterocycles. The topological polar surface area (TPSA) is 25.2 Å². The summed E-state index contributed by atoms with van der Waals surface area (Å²) in [5.74, 6) is 3.02. The van der Waals surface area contributed by atoms with Crippen LogP contribution in [-0.2, 0) is 0 Å². The van der Waals surface area contributed by atoms with E-state index in [-0.39, 0.29) is 0 Å². The monoisotopic (exact) mass is 219 g/mol. The molecule has 0 amide bonds. The summed E-state index contributed by atoms with van der Waals surface area (Å²) in [4.78, 5) is 0. The Labute approximate surface area is 97.4 Å². The fourth-order valence-corrected chi connectivity index (χ4v) is 2.76. The van der Waals surface area contributed by atoms with Crippen LogP contribution in [0.25, 0.3) is 0 Å². The number of rotatable bonds is 5. The molecule has 1 N–H and O–H groups in total. The van der Waals surface area contributed by atoms with Gasteiger partial charge in [-0.05, 0) is 63.0 Å². The maximum absolute atomic E-state index is 5.56. The van der Waals surface area contributed by atoms with Crippen LogP contribution in [0.15, 0.2) is 16.7 Å². The Morgan fingerprint density at radius 1 is 1.25 bits per heavy atom. The zero-order chi connectivity index (χ0) is 11.1. The first-order valence-corrected chi connectivity index (χ1v) is 6.55. The Hall–Kier alpha value is -0.760. The van der Waals surface area contributed by atoms with Crippen molar-refractivity contribution in [1.82, 2.24) is 5.32 Å². The van der Waals surface area contributed by atoms with Crippen LogP contribution in [0.2, 0.25) is 0 Å². The van der Waals surface area contributed by atoms with Crippen molar-refractivity contribution in [2.75, 3.05) is 0 Å². The molecule has 0 bridgehead atoms. The van der Waals surface area contributed by atoms with Crippen molar-refractivity contribution in [3.63, 3.8) is 0 Å². The molecule has 2 heteroatoms. The number of nitrogens with one attached hydrogen (secondary N) is 1. The van der Waals surface area contributed by atoms with E-state index >= 15 is 0 Å². The lowest BCUT2D eigenvalue weighted by atomic mass is 10.0. The predicted octanol–water partition coefficient (Wildman–Crippen LogP) is 3.43. The van der Waals surface area contributed by atoms with Gasteiger partial charge in [-0.2, -0.15) is 0 Å². The van der Waals surface area contributed by atoms with Crippen LogP contribution in [0.5, 0.6) is 0 Å². The molecule has 1 unspecified atom stereocenters. The van der Waals surface area contributed by atoms with Crippen LogP contribution in [0, 0.1) is 18.8 Å². The van der Waals surface area contributed by atoms with Crippen molar-refractivity contribution in [1.29, 1.82) is 0 Å². The smallest absolute Gasteiger partial charge is 0.123 e. The summed E-state index contributed by atoms with van der Waals surface area (Å²) in [5, 5.41) is 3.79. The van der Waals surface area contributed by atoms with Crippen molar-refractivity contribution in [2.24, 2.45) is 11.8 Å². The van der Waals surface area contributed by atoms with Gasteiger partial charge in [-0.1, -0.05) is 0 Å². The number of hydrogen-bond acceptors (Lipinski definition) is 2. The van der Waals surface area contributed by atoms with E-state index in [4.69, 9.17) is 4.42 Å². The lowest BCUT2D eigenvalue weighted by Gasteiger charge is -2.22. The Morgan fingerprint density at radius 3 is 2.31 bits per heavy atom. The largest absolute Gasteiger partial charge is 0.467 e. The second-order valence-electron chi connectivity index (χ2n) is 5.56. The minimum atomic E-state index is 0.362. The average Bonchev–Trinajstić information content (AvgIpc) is 3.14. The Bertz CT molecular complexity index is 351. The van der Waals surface area contributed by atoms with Gasteiger partial charge >= 0.3 is 0 Å². The summed E-state index contributed by atoms with van der Waals surface area (Å²) in [6, 6.07) is 3.16. The summed E-state index contributed by atoms with van der Waals surface area (Å²) in [6.07, 6.45) is 7.51. The van der Waals surface area contributed by atoms with Crippen LogP contribution in [0.3, 0.4) is 0 Å². The fraction of sp³-hybridized carbons (Fsp3) is 0.714. The molecular formula is C14H21NO. The van der Waals surface area contributed by atoms with E-state index in [0.717, 1.165) is 23.6 Å². The van der Waals surface area contributed by atoms with Gasteiger partial charge in [0.05, 0.1) is 12.3 Å². The third kappa shape index (κ3) is 2.03. The second kappa shape index (κ2) is 3.92. The van der Waals surface area contributed by atoms with Gasteiger partial charge in [0.25, 0.3) is 0 Å². The van der Waals surface area contributed by atoms with Gasteiger partial charge in [-0.25, -0.2) is 0 Å². The zero-order valence-electron chi connectivity index (χ0n) is 10.2. The fourth-order valence-electron chi connectivity index (χ4n) is 2.76. The van der Waals surface area contributed by atoms with Crippen LogP contribution in [0.4, 0.5) is 0 Å². The average molecular weight is 219 g/mol. The highest BCUT2D eigenvalue weighted by molar-refractivity contribution is 5.18. The SMILES string of the molecule is Cc1ccoc1C(C)NC(C1CC1)C1CC1. The minimum absolute atomic E-state index is 0.362. The van der Waals surface area contributed by atoms with Crippen molar-refractivity contribution in [3.8, 4) is 0 Å². The zero-order valence-corrected chi connectivity index (χ0v) is 10.2. The predicted molar refractivity (Wildman–Crippen MR) is 64.2 cm³/mol. The highest BCUT2D eigenvalue weighted by atomic mass is 16.3. The minimum Gasteiger partial charge on any atom is -0.467 e. The molecule has 0 spiro atoms. The molecule has 0 aromatic carbocycles. The first-order valence-electron chi connectivity index (χ1n) is 6.55. The summed E-state index contributed by atoms with van der Waals surface area (Å²) in [5.41, 5.74) is 1.27. The van der Waals surface area contributed by atoms with Crippen LogP contribution in [-0.4, -0.2) is 6.04 Å². The van der Waals surface area contributed by atoms with Gasteiger partial charge in [0, 0.05) is 6.04 Å². The van der Waals surface area contributed by atoms with E-state index in [9.17, 15) is 0 Å². The third-order valence-corrected chi connectivity index (χ3v) is 4.00. The lowest BCUT2D eigenvalue weighted by molar-refractivity contribution is 0.341. The van der Waals surface area contributed by atoms with Gasteiger partial charge < -0.3 is 9.73 Å². The van der Waals surface area contributed by atoms with E-state index < -0.39 is 0 Å². The highest BCUT2D eigenvalue weighted by Crippen LogP contribution is 2.45. The molecule has 1 heterocycles. The molecule has 2 saturated carbocycles. The molecule has 1 aromatic rings.